The van der Waals surface area contributed by atoms with Crippen LogP contribution in [0.4, 0.5) is 5.69 Å². The lowest BCUT2D eigenvalue weighted by Gasteiger charge is -2.22. The molecule has 0 aliphatic carbocycles. The van der Waals surface area contributed by atoms with Gasteiger partial charge in [0.05, 0.1) is 5.69 Å². The van der Waals surface area contributed by atoms with Crippen LogP contribution in [-0.4, -0.2) is 11.0 Å². The number of rotatable bonds is 2. The van der Waals surface area contributed by atoms with Crippen LogP contribution in [0.25, 0.3) is 0 Å². The fraction of sp³-hybridized carbons (Fsp3) is 0.316. The SMILES string of the molecule is CC1=CC(C)NN1c1cccc(C(C)C)c1.c1ccncc1. The molecule has 1 aromatic carbocycles. The molecule has 3 heteroatoms. The molecule has 2 aromatic rings. The van der Waals surface area contributed by atoms with Crippen molar-refractivity contribution < 1.29 is 0 Å². The number of nitrogens with zero attached hydrogens (tertiary/aromatic N) is 2. The first-order valence-electron chi connectivity index (χ1n) is 7.77. The summed E-state index contributed by atoms with van der Waals surface area (Å²) in [6, 6.07) is 14.9. The van der Waals surface area contributed by atoms with Crippen LogP contribution >= 0.6 is 0 Å². The maximum atomic E-state index is 3.78. The van der Waals surface area contributed by atoms with Crippen molar-refractivity contribution in [1.82, 2.24) is 10.4 Å². The molecular weight excluding hydrogens is 270 g/mol. The summed E-state index contributed by atoms with van der Waals surface area (Å²) in [5.74, 6) is 0.573. The quantitative estimate of drug-likeness (QED) is 0.883. The third kappa shape index (κ3) is 4.43. The summed E-state index contributed by atoms with van der Waals surface area (Å²) in [6.45, 7) is 8.75. The van der Waals surface area contributed by atoms with Gasteiger partial charge in [0, 0.05) is 24.1 Å². The van der Waals surface area contributed by atoms with Gasteiger partial charge in [-0.1, -0.05) is 32.0 Å². The van der Waals surface area contributed by atoms with Gasteiger partial charge >= 0.3 is 0 Å². The predicted octanol–water partition coefficient (Wildman–Crippen LogP) is 4.51. The average molecular weight is 295 g/mol. The predicted molar refractivity (Wildman–Crippen MR) is 93.6 cm³/mol. The van der Waals surface area contributed by atoms with Crippen molar-refractivity contribution in [1.29, 1.82) is 0 Å². The zero-order valence-electron chi connectivity index (χ0n) is 13.8. The van der Waals surface area contributed by atoms with Crippen LogP contribution in [0.5, 0.6) is 0 Å². The van der Waals surface area contributed by atoms with E-state index in [4.69, 9.17) is 0 Å². The lowest BCUT2D eigenvalue weighted by atomic mass is 10.0. The summed E-state index contributed by atoms with van der Waals surface area (Å²) in [7, 11) is 0. The normalized spacial score (nSPS) is 17.0. The van der Waals surface area contributed by atoms with E-state index in [1.165, 1.54) is 16.9 Å². The van der Waals surface area contributed by atoms with Crippen molar-refractivity contribution in [3.8, 4) is 0 Å². The highest BCUT2D eigenvalue weighted by molar-refractivity contribution is 5.54. The molecule has 1 unspecified atom stereocenters. The Bertz CT molecular complexity index is 578. The topological polar surface area (TPSA) is 28.2 Å². The molecule has 1 atom stereocenters. The Kier molecular flexibility index (Phi) is 5.73. The summed E-state index contributed by atoms with van der Waals surface area (Å²) in [5.41, 5.74) is 7.31. The molecule has 0 fully saturated rings. The molecule has 0 radical (unpaired) electrons. The van der Waals surface area contributed by atoms with Crippen molar-refractivity contribution in [2.45, 2.75) is 39.7 Å². The highest BCUT2D eigenvalue weighted by Crippen LogP contribution is 2.25. The van der Waals surface area contributed by atoms with E-state index in [9.17, 15) is 0 Å². The van der Waals surface area contributed by atoms with E-state index in [1.807, 2.05) is 18.2 Å². The van der Waals surface area contributed by atoms with Crippen LogP contribution in [0.15, 0.2) is 66.6 Å². The van der Waals surface area contributed by atoms with E-state index in [-0.39, 0.29) is 0 Å². The maximum absolute atomic E-state index is 3.78. The van der Waals surface area contributed by atoms with Crippen LogP contribution in [-0.2, 0) is 0 Å². The van der Waals surface area contributed by atoms with E-state index < -0.39 is 0 Å². The van der Waals surface area contributed by atoms with Crippen molar-refractivity contribution in [3.63, 3.8) is 0 Å². The van der Waals surface area contributed by atoms with E-state index in [2.05, 4.69) is 73.5 Å². The fourth-order valence-electron chi connectivity index (χ4n) is 2.39. The van der Waals surface area contributed by atoms with Gasteiger partial charge in [-0.05, 0) is 55.7 Å². The van der Waals surface area contributed by atoms with Crippen LogP contribution in [0.1, 0.15) is 39.2 Å². The standard InChI is InChI=1S/C14H20N2.C5H5N/c1-10(2)13-6-5-7-14(9-13)16-12(4)8-11(3)15-16;1-2-4-6-5-3-1/h5-11,15H,1-4H3;1-5H. The zero-order valence-corrected chi connectivity index (χ0v) is 13.8. The third-order valence-electron chi connectivity index (χ3n) is 3.54. The molecular formula is C19H25N3. The molecule has 0 saturated heterocycles. The van der Waals surface area contributed by atoms with Crippen LogP contribution in [0.2, 0.25) is 0 Å². The van der Waals surface area contributed by atoms with Gasteiger partial charge in [-0.3, -0.25) is 9.99 Å². The van der Waals surface area contributed by atoms with E-state index >= 15 is 0 Å². The van der Waals surface area contributed by atoms with E-state index in [0.29, 0.717) is 12.0 Å². The molecule has 0 spiro atoms. The Morgan fingerprint density at radius 2 is 1.82 bits per heavy atom. The fourth-order valence-corrected chi connectivity index (χ4v) is 2.39. The highest BCUT2D eigenvalue weighted by Gasteiger charge is 2.17. The van der Waals surface area contributed by atoms with Crippen molar-refractivity contribution in [2.24, 2.45) is 0 Å². The molecule has 0 bridgehead atoms. The number of pyridine rings is 1. The third-order valence-corrected chi connectivity index (χ3v) is 3.54. The van der Waals surface area contributed by atoms with Crippen molar-refractivity contribution in [2.75, 3.05) is 5.01 Å². The van der Waals surface area contributed by atoms with Crippen LogP contribution in [0.3, 0.4) is 0 Å². The number of hydrogen-bond acceptors (Lipinski definition) is 3. The second-order valence-electron chi connectivity index (χ2n) is 5.84. The molecule has 1 N–H and O–H groups in total. The molecule has 0 saturated carbocycles. The minimum atomic E-state index is 0.419. The second kappa shape index (κ2) is 7.76. The molecule has 1 aliphatic heterocycles. The Morgan fingerprint density at radius 1 is 1.09 bits per heavy atom. The first kappa shape index (κ1) is 16.2. The number of aromatic nitrogens is 1. The first-order chi connectivity index (χ1) is 10.6. The Hall–Kier alpha value is -2.13. The Balaban J connectivity index is 0.000000246. The number of benzene rings is 1. The second-order valence-corrected chi connectivity index (χ2v) is 5.84. The lowest BCUT2D eigenvalue weighted by Crippen LogP contribution is -2.35. The molecule has 1 aromatic heterocycles. The number of anilines is 1. The van der Waals surface area contributed by atoms with Gasteiger partial charge in [0.15, 0.2) is 0 Å². The molecule has 116 valence electrons. The number of hydrazine groups is 1. The zero-order chi connectivity index (χ0) is 15.9. The van der Waals surface area contributed by atoms with Crippen LogP contribution < -0.4 is 10.4 Å². The molecule has 3 nitrogen and oxygen atoms in total. The molecule has 22 heavy (non-hydrogen) atoms. The van der Waals surface area contributed by atoms with Gasteiger partial charge in [0.2, 0.25) is 0 Å². The van der Waals surface area contributed by atoms with E-state index in [0.717, 1.165) is 0 Å². The molecule has 1 aliphatic rings. The summed E-state index contributed by atoms with van der Waals surface area (Å²) in [6.07, 6.45) is 5.74. The van der Waals surface area contributed by atoms with Gasteiger partial charge in [-0.15, -0.1) is 0 Å². The van der Waals surface area contributed by atoms with E-state index in [1.54, 1.807) is 12.4 Å². The molecule has 2 heterocycles. The smallest absolute Gasteiger partial charge is 0.0576 e. The van der Waals surface area contributed by atoms with Crippen molar-refractivity contribution >= 4 is 5.69 Å². The largest absolute Gasteiger partial charge is 0.281 e. The Morgan fingerprint density at radius 3 is 2.27 bits per heavy atom. The van der Waals surface area contributed by atoms with Gasteiger partial charge in [-0.25, -0.2) is 5.43 Å². The number of hydrogen-bond donors (Lipinski definition) is 1. The minimum Gasteiger partial charge on any atom is -0.281 e. The lowest BCUT2D eigenvalue weighted by molar-refractivity contribution is 0.674. The van der Waals surface area contributed by atoms with Crippen LogP contribution in [0, 0.1) is 0 Å². The summed E-state index contributed by atoms with van der Waals surface area (Å²) >= 11 is 0. The molecule has 0 amide bonds. The maximum Gasteiger partial charge on any atom is 0.0576 e. The monoisotopic (exact) mass is 295 g/mol. The van der Waals surface area contributed by atoms with Gasteiger partial charge in [0.1, 0.15) is 0 Å². The summed E-state index contributed by atoms with van der Waals surface area (Å²) in [4.78, 5) is 3.78. The minimum absolute atomic E-state index is 0.419. The van der Waals surface area contributed by atoms with Gasteiger partial charge < -0.3 is 0 Å². The van der Waals surface area contributed by atoms with Gasteiger partial charge in [-0.2, -0.15) is 0 Å². The summed E-state index contributed by atoms with van der Waals surface area (Å²) in [5, 5.41) is 2.16. The average Bonchev–Trinajstić information content (AvgIpc) is 2.88. The van der Waals surface area contributed by atoms with Crippen molar-refractivity contribution in [3.05, 3.63) is 72.2 Å². The first-order valence-corrected chi connectivity index (χ1v) is 7.77. The Labute approximate surface area is 133 Å². The molecule has 3 rings (SSSR count). The summed E-state index contributed by atoms with van der Waals surface area (Å²) < 4.78 is 0. The van der Waals surface area contributed by atoms with Gasteiger partial charge in [0.25, 0.3) is 0 Å². The number of allylic oxidation sites excluding steroid dienone is 1. The number of nitrogens with one attached hydrogen (secondary N) is 1. The highest BCUT2D eigenvalue weighted by atomic mass is 15.5.